The number of nitrogens with zero attached hydrogens (tertiary/aromatic N) is 2. The monoisotopic (exact) mass is 576 g/mol. The highest BCUT2D eigenvalue weighted by molar-refractivity contribution is 9.10. The van der Waals surface area contributed by atoms with Crippen LogP contribution >= 0.6 is 15.9 Å². The largest absolute Gasteiger partial charge is 0.504 e. The number of carbonyl (C=O) groups excluding carboxylic acids is 2. The van der Waals surface area contributed by atoms with Gasteiger partial charge in [0, 0.05) is 35.3 Å². The zero-order chi connectivity index (χ0) is 27.1. The van der Waals surface area contributed by atoms with E-state index in [4.69, 9.17) is 9.15 Å². The number of ether oxygens (including phenoxy) is 1. The summed E-state index contributed by atoms with van der Waals surface area (Å²) in [5.41, 5.74) is 2.25. The van der Waals surface area contributed by atoms with Crippen LogP contribution < -0.4 is 14.5 Å². The molecule has 1 aliphatic rings. The number of phenols is 1. The number of anilines is 2. The molecule has 0 fully saturated rings. The van der Waals surface area contributed by atoms with Crippen LogP contribution in [0.4, 0.5) is 11.4 Å². The van der Waals surface area contributed by atoms with E-state index in [1.807, 2.05) is 37.2 Å². The van der Waals surface area contributed by atoms with Crippen LogP contribution in [0.25, 0.3) is 11.0 Å². The van der Waals surface area contributed by atoms with Crippen molar-refractivity contribution in [2.75, 3.05) is 30.5 Å². The predicted molar refractivity (Wildman–Crippen MR) is 148 cm³/mol. The SMILES string of the molecule is CCOc1cc(C2C(C(=O)c3cc4cc(Br)ccc4o3)=C(O)C(=O)N2c2ccc(N(C)C)cc2)ccc1O. The van der Waals surface area contributed by atoms with Crippen molar-refractivity contribution in [1.82, 2.24) is 0 Å². The average Bonchev–Trinajstić information content (AvgIpc) is 3.43. The van der Waals surface area contributed by atoms with Crippen LogP contribution in [0, 0.1) is 0 Å². The van der Waals surface area contributed by atoms with Gasteiger partial charge in [-0.3, -0.25) is 14.5 Å². The fourth-order valence-corrected chi connectivity index (χ4v) is 4.94. The Morgan fingerprint density at radius 2 is 1.79 bits per heavy atom. The standard InChI is InChI=1S/C29H25BrN2O6/c1-4-37-23-14-16(5-11-21(23)33)26-25(27(34)24-15-17-13-18(30)6-12-22(17)38-24)28(35)29(36)32(26)20-9-7-19(8-10-20)31(2)3/h5-15,26,33,35H,4H2,1-3H3. The Morgan fingerprint density at radius 1 is 1.05 bits per heavy atom. The quantitative estimate of drug-likeness (QED) is 0.254. The minimum atomic E-state index is -1.00. The summed E-state index contributed by atoms with van der Waals surface area (Å²) in [4.78, 5) is 30.6. The van der Waals surface area contributed by atoms with Crippen molar-refractivity contribution in [1.29, 1.82) is 0 Å². The number of aromatic hydroxyl groups is 1. The van der Waals surface area contributed by atoms with Crippen LogP contribution in [0.2, 0.25) is 0 Å². The maximum atomic E-state index is 13.8. The third-order valence-electron chi connectivity index (χ3n) is 6.40. The van der Waals surface area contributed by atoms with Gasteiger partial charge in [-0.05, 0) is 73.2 Å². The normalized spacial score (nSPS) is 15.4. The molecule has 0 bridgehead atoms. The number of aliphatic hydroxyl groups is 1. The molecule has 0 saturated heterocycles. The van der Waals surface area contributed by atoms with Crippen molar-refractivity contribution in [3.05, 3.63) is 93.9 Å². The molecule has 3 aromatic carbocycles. The number of carbonyl (C=O) groups is 2. The maximum absolute atomic E-state index is 13.8. The Balaban J connectivity index is 1.66. The van der Waals surface area contributed by atoms with Gasteiger partial charge in [-0.15, -0.1) is 0 Å². The second-order valence-electron chi connectivity index (χ2n) is 9.03. The highest BCUT2D eigenvalue weighted by Gasteiger charge is 2.45. The summed E-state index contributed by atoms with van der Waals surface area (Å²) >= 11 is 3.41. The lowest BCUT2D eigenvalue weighted by Gasteiger charge is -2.27. The van der Waals surface area contributed by atoms with Crippen molar-refractivity contribution in [3.8, 4) is 11.5 Å². The highest BCUT2D eigenvalue weighted by Crippen LogP contribution is 2.44. The molecule has 2 heterocycles. The van der Waals surface area contributed by atoms with Crippen molar-refractivity contribution in [2.24, 2.45) is 0 Å². The van der Waals surface area contributed by atoms with Crippen LogP contribution in [0.5, 0.6) is 11.5 Å². The fourth-order valence-electron chi connectivity index (χ4n) is 4.56. The Bertz CT molecular complexity index is 1590. The molecule has 1 aromatic heterocycles. The first-order valence-electron chi connectivity index (χ1n) is 11.9. The van der Waals surface area contributed by atoms with Crippen molar-refractivity contribution < 1.29 is 29.0 Å². The van der Waals surface area contributed by atoms with Crippen LogP contribution in [-0.4, -0.2) is 42.6 Å². The van der Waals surface area contributed by atoms with E-state index in [0.29, 0.717) is 28.8 Å². The zero-order valence-electron chi connectivity index (χ0n) is 20.9. The summed E-state index contributed by atoms with van der Waals surface area (Å²) < 4.78 is 12.2. The second kappa shape index (κ2) is 9.90. The third kappa shape index (κ3) is 4.39. The number of Topliss-reactive ketones (excluding diaryl/α,β-unsaturated/α-hetero) is 1. The molecule has 1 amide bonds. The molecule has 9 heteroatoms. The predicted octanol–water partition coefficient (Wildman–Crippen LogP) is 6.15. The molecule has 0 spiro atoms. The van der Waals surface area contributed by atoms with Crippen molar-refractivity contribution in [2.45, 2.75) is 13.0 Å². The van der Waals surface area contributed by atoms with E-state index in [1.165, 1.54) is 11.0 Å². The number of fused-ring (bicyclic) bond motifs is 1. The fraction of sp³-hybridized carbons (Fsp3) is 0.172. The van der Waals surface area contributed by atoms with E-state index in [1.54, 1.807) is 49.4 Å². The van der Waals surface area contributed by atoms with E-state index in [0.717, 1.165) is 10.2 Å². The first-order valence-corrected chi connectivity index (χ1v) is 12.7. The van der Waals surface area contributed by atoms with Crippen LogP contribution in [0.15, 0.2) is 87.0 Å². The number of aliphatic hydroxyl groups excluding tert-OH is 1. The molecule has 8 nitrogen and oxygen atoms in total. The van der Waals surface area contributed by atoms with Crippen molar-refractivity contribution >= 4 is 50.0 Å². The Labute approximate surface area is 227 Å². The highest BCUT2D eigenvalue weighted by atomic mass is 79.9. The number of furan rings is 1. The lowest BCUT2D eigenvalue weighted by molar-refractivity contribution is -0.117. The number of halogens is 1. The number of rotatable bonds is 7. The molecule has 1 aliphatic heterocycles. The molecule has 38 heavy (non-hydrogen) atoms. The first kappa shape index (κ1) is 25.4. The molecule has 1 atom stereocenters. The van der Waals surface area contributed by atoms with Gasteiger partial charge in [-0.1, -0.05) is 22.0 Å². The van der Waals surface area contributed by atoms with Gasteiger partial charge in [-0.25, -0.2) is 0 Å². The smallest absolute Gasteiger partial charge is 0.294 e. The molecule has 194 valence electrons. The molecule has 2 N–H and O–H groups in total. The Kier molecular flexibility index (Phi) is 6.62. The maximum Gasteiger partial charge on any atom is 0.294 e. The van der Waals surface area contributed by atoms with Crippen LogP contribution in [0.1, 0.15) is 29.1 Å². The first-order chi connectivity index (χ1) is 18.2. The van der Waals surface area contributed by atoms with Gasteiger partial charge < -0.3 is 24.3 Å². The van der Waals surface area contributed by atoms with Crippen molar-refractivity contribution in [3.63, 3.8) is 0 Å². The minimum absolute atomic E-state index is 0.00827. The summed E-state index contributed by atoms with van der Waals surface area (Å²) in [7, 11) is 3.81. The Hall–Kier alpha value is -4.24. The average molecular weight is 577 g/mol. The summed E-state index contributed by atoms with van der Waals surface area (Å²) in [6, 6.07) is 17.7. The van der Waals surface area contributed by atoms with E-state index >= 15 is 0 Å². The Morgan fingerprint density at radius 3 is 2.47 bits per heavy atom. The molecule has 4 aromatic rings. The number of hydrogen-bond acceptors (Lipinski definition) is 7. The van der Waals surface area contributed by atoms with E-state index in [2.05, 4.69) is 15.9 Å². The molecular weight excluding hydrogens is 552 g/mol. The second-order valence-corrected chi connectivity index (χ2v) is 9.95. The van der Waals surface area contributed by atoms with Crippen LogP contribution in [0.3, 0.4) is 0 Å². The lowest BCUT2D eigenvalue weighted by Crippen LogP contribution is -2.31. The number of phenolic OH excluding ortho intramolecular Hbond substituents is 1. The van der Waals surface area contributed by atoms with E-state index in [-0.39, 0.29) is 22.8 Å². The minimum Gasteiger partial charge on any atom is -0.504 e. The van der Waals surface area contributed by atoms with Gasteiger partial charge in [0.2, 0.25) is 5.78 Å². The molecule has 0 saturated carbocycles. The number of hydrogen-bond donors (Lipinski definition) is 2. The van der Waals surface area contributed by atoms with Gasteiger partial charge in [-0.2, -0.15) is 0 Å². The van der Waals surface area contributed by atoms with Crippen LogP contribution in [-0.2, 0) is 4.79 Å². The van der Waals surface area contributed by atoms with Gasteiger partial charge in [0.15, 0.2) is 23.0 Å². The molecule has 0 aliphatic carbocycles. The van der Waals surface area contributed by atoms with Gasteiger partial charge in [0.25, 0.3) is 5.91 Å². The summed E-state index contributed by atoms with van der Waals surface area (Å²) in [5, 5.41) is 22.0. The van der Waals surface area contributed by atoms with E-state index in [9.17, 15) is 19.8 Å². The molecule has 0 radical (unpaired) electrons. The summed E-state index contributed by atoms with van der Waals surface area (Å²) in [5.74, 6) is -1.89. The summed E-state index contributed by atoms with van der Waals surface area (Å²) in [6.07, 6.45) is 0. The third-order valence-corrected chi connectivity index (χ3v) is 6.89. The number of ketones is 1. The molecular formula is C29H25BrN2O6. The van der Waals surface area contributed by atoms with Gasteiger partial charge in [0.05, 0.1) is 18.2 Å². The van der Waals surface area contributed by atoms with Gasteiger partial charge in [0.1, 0.15) is 5.58 Å². The molecule has 5 rings (SSSR count). The van der Waals surface area contributed by atoms with Gasteiger partial charge >= 0.3 is 0 Å². The number of amides is 1. The zero-order valence-corrected chi connectivity index (χ0v) is 22.5. The lowest BCUT2D eigenvalue weighted by atomic mass is 9.94. The molecule has 1 unspecified atom stereocenters. The number of benzene rings is 3. The summed E-state index contributed by atoms with van der Waals surface area (Å²) in [6.45, 7) is 2.09. The topological polar surface area (TPSA) is 103 Å². The van der Waals surface area contributed by atoms with E-state index < -0.39 is 23.5 Å².